The molecule has 0 aliphatic rings. The van der Waals surface area contributed by atoms with Gasteiger partial charge in [-0.25, -0.2) is 4.98 Å². The number of methoxy groups -OCH3 is 1. The van der Waals surface area contributed by atoms with Crippen LogP contribution >= 0.6 is 23.2 Å². The number of ether oxygens (including phenoxy) is 1. The highest BCUT2D eigenvalue weighted by molar-refractivity contribution is 6.38. The highest BCUT2D eigenvalue weighted by atomic mass is 35.5. The summed E-state index contributed by atoms with van der Waals surface area (Å²) in [5.74, 6) is 0.150. The molecule has 2 aromatic carbocycles. The molecule has 1 amide bonds. The number of anilines is 1. The molecule has 0 bridgehead atoms. The van der Waals surface area contributed by atoms with Crippen LogP contribution in [-0.2, 0) is 11.3 Å². The molecule has 1 N–H and O–H groups in total. The normalized spacial score (nSPS) is 10.8. The number of carbonyl (C=O) groups excluding carboxylic acids is 1. The van der Waals surface area contributed by atoms with Crippen molar-refractivity contribution in [2.45, 2.75) is 13.5 Å². The van der Waals surface area contributed by atoms with Gasteiger partial charge < -0.3 is 10.1 Å². The van der Waals surface area contributed by atoms with E-state index in [1.54, 1.807) is 12.1 Å². The van der Waals surface area contributed by atoms with E-state index < -0.39 is 5.56 Å². The molecule has 0 unspecified atom stereocenters. The summed E-state index contributed by atoms with van der Waals surface area (Å²) in [6.45, 7) is 1.70. The van der Waals surface area contributed by atoms with E-state index in [1.807, 2.05) is 13.0 Å². The molecule has 1 aromatic heterocycles. The Morgan fingerprint density at radius 3 is 2.77 bits per heavy atom. The number of halogens is 2. The Morgan fingerprint density at radius 1 is 1.27 bits per heavy atom. The number of amides is 1. The lowest BCUT2D eigenvalue weighted by Crippen LogP contribution is -2.28. The molecule has 0 saturated carbocycles. The van der Waals surface area contributed by atoms with Crippen molar-refractivity contribution >= 4 is 45.7 Å². The van der Waals surface area contributed by atoms with Crippen LogP contribution in [0.1, 0.15) is 5.56 Å². The predicted octanol–water partition coefficient (Wildman–Crippen LogP) is 3.66. The summed E-state index contributed by atoms with van der Waals surface area (Å²) in [4.78, 5) is 29.1. The zero-order valence-electron chi connectivity index (χ0n) is 14.0. The minimum absolute atomic E-state index is 0.205. The zero-order chi connectivity index (χ0) is 18.8. The average Bonchev–Trinajstić information content (AvgIpc) is 2.58. The number of nitrogens with zero attached hydrogens (tertiary/aromatic N) is 2. The Kier molecular flexibility index (Phi) is 5.15. The van der Waals surface area contributed by atoms with Gasteiger partial charge in [-0.05, 0) is 36.8 Å². The molecule has 0 radical (unpaired) electrons. The van der Waals surface area contributed by atoms with Crippen LogP contribution in [-0.4, -0.2) is 22.6 Å². The first-order valence-electron chi connectivity index (χ1n) is 7.67. The molecular weight excluding hydrogens is 377 g/mol. The van der Waals surface area contributed by atoms with E-state index in [-0.39, 0.29) is 22.9 Å². The van der Waals surface area contributed by atoms with Gasteiger partial charge in [0.25, 0.3) is 5.56 Å². The minimum atomic E-state index is -0.397. The summed E-state index contributed by atoms with van der Waals surface area (Å²) >= 11 is 12.0. The topological polar surface area (TPSA) is 73.2 Å². The summed E-state index contributed by atoms with van der Waals surface area (Å²) < 4.78 is 6.44. The molecule has 0 spiro atoms. The molecular formula is C18H15Cl2N3O3. The van der Waals surface area contributed by atoms with Gasteiger partial charge in [0, 0.05) is 5.02 Å². The second-order valence-corrected chi connectivity index (χ2v) is 6.56. The van der Waals surface area contributed by atoms with Crippen LogP contribution in [0, 0.1) is 6.92 Å². The van der Waals surface area contributed by atoms with Crippen LogP contribution in [0.15, 0.2) is 41.5 Å². The number of fused-ring (bicyclic) bond motifs is 1. The molecule has 0 aliphatic carbocycles. The third kappa shape index (κ3) is 3.66. The van der Waals surface area contributed by atoms with Crippen molar-refractivity contribution in [3.8, 4) is 5.75 Å². The van der Waals surface area contributed by atoms with Gasteiger partial charge >= 0.3 is 0 Å². The predicted molar refractivity (Wildman–Crippen MR) is 102 cm³/mol. The van der Waals surface area contributed by atoms with Gasteiger partial charge in [0.05, 0.1) is 35.1 Å². The minimum Gasteiger partial charge on any atom is -0.495 e. The van der Waals surface area contributed by atoms with E-state index in [9.17, 15) is 9.59 Å². The summed E-state index contributed by atoms with van der Waals surface area (Å²) in [5, 5.41) is 3.61. The molecule has 134 valence electrons. The number of carbonyl (C=O) groups is 1. The first kappa shape index (κ1) is 18.2. The van der Waals surface area contributed by atoms with Gasteiger partial charge in [0.15, 0.2) is 0 Å². The number of benzene rings is 2. The third-order valence-electron chi connectivity index (χ3n) is 3.79. The Morgan fingerprint density at radius 2 is 2.04 bits per heavy atom. The van der Waals surface area contributed by atoms with Crippen LogP contribution in [0.4, 0.5) is 5.69 Å². The maximum Gasteiger partial charge on any atom is 0.261 e. The number of nitrogens with one attached hydrogen (secondary N) is 1. The van der Waals surface area contributed by atoms with Crippen LogP contribution in [0.3, 0.4) is 0 Å². The monoisotopic (exact) mass is 391 g/mol. The van der Waals surface area contributed by atoms with Gasteiger partial charge in [-0.15, -0.1) is 0 Å². The third-order valence-corrected chi connectivity index (χ3v) is 4.30. The summed E-state index contributed by atoms with van der Waals surface area (Å²) in [6, 6.07) is 8.42. The second-order valence-electron chi connectivity index (χ2n) is 5.71. The summed E-state index contributed by atoms with van der Waals surface area (Å²) in [6.07, 6.45) is 1.29. The first-order valence-corrected chi connectivity index (χ1v) is 8.43. The molecule has 26 heavy (non-hydrogen) atoms. The van der Waals surface area contributed by atoms with E-state index >= 15 is 0 Å². The summed E-state index contributed by atoms with van der Waals surface area (Å²) in [5.41, 5.74) is 1.45. The molecule has 0 atom stereocenters. The number of hydrogen-bond acceptors (Lipinski definition) is 4. The number of hydrogen-bond donors (Lipinski definition) is 1. The molecule has 0 saturated heterocycles. The fourth-order valence-electron chi connectivity index (χ4n) is 2.57. The van der Waals surface area contributed by atoms with Crippen molar-refractivity contribution in [1.82, 2.24) is 9.55 Å². The van der Waals surface area contributed by atoms with E-state index in [4.69, 9.17) is 27.9 Å². The number of aryl methyl sites for hydroxylation is 1. The van der Waals surface area contributed by atoms with Crippen molar-refractivity contribution in [1.29, 1.82) is 0 Å². The smallest absolute Gasteiger partial charge is 0.261 e. The van der Waals surface area contributed by atoms with Crippen LogP contribution < -0.4 is 15.6 Å². The van der Waals surface area contributed by atoms with Gasteiger partial charge in [-0.2, -0.15) is 0 Å². The van der Waals surface area contributed by atoms with Crippen molar-refractivity contribution in [2.24, 2.45) is 0 Å². The maximum absolute atomic E-state index is 12.6. The zero-order valence-corrected chi connectivity index (χ0v) is 15.6. The van der Waals surface area contributed by atoms with Crippen molar-refractivity contribution < 1.29 is 9.53 Å². The highest BCUT2D eigenvalue weighted by Crippen LogP contribution is 2.25. The lowest BCUT2D eigenvalue weighted by atomic mass is 10.2. The fourth-order valence-corrected chi connectivity index (χ4v) is 3.11. The molecule has 0 aliphatic heterocycles. The Bertz CT molecular complexity index is 1060. The quantitative estimate of drug-likeness (QED) is 0.736. The number of rotatable bonds is 4. The standard InChI is InChI=1S/C18H15Cl2N3O3/c1-10-3-4-15(26-2)14(5-10)22-16(24)8-23-9-21-17-12(18(23)25)6-11(19)7-13(17)20/h3-7,9H,8H2,1-2H3,(H,22,24). The fraction of sp³-hybridized carbons (Fsp3) is 0.167. The van der Waals surface area contributed by atoms with Crippen molar-refractivity contribution in [2.75, 3.05) is 12.4 Å². The summed E-state index contributed by atoms with van der Waals surface area (Å²) in [7, 11) is 1.52. The van der Waals surface area contributed by atoms with E-state index in [0.717, 1.165) is 5.56 Å². The second kappa shape index (κ2) is 7.35. The SMILES string of the molecule is COc1ccc(C)cc1NC(=O)Cn1cnc2c(Cl)cc(Cl)cc2c1=O. The Hall–Kier alpha value is -2.57. The van der Waals surface area contributed by atoms with Gasteiger partial charge in [0.1, 0.15) is 12.3 Å². The van der Waals surface area contributed by atoms with Crippen molar-refractivity contribution in [3.05, 3.63) is 62.6 Å². The lowest BCUT2D eigenvalue weighted by molar-refractivity contribution is -0.116. The molecule has 0 fully saturated rings. The maximum atomic E-state index is 12.6. The largest absolute Gasteiger partial charge is 0.495 e. The molecule has 1 heterocycles. The van der Waals surface area contributed by atoms with Crippen LogP contribution in [0.25, 0.3) is 10.9 Å². The molecule has 8 heteroatoms. The molecule has 3 aromatic rings. The Balaban J connectivity index is 1.90. The number of aromatic nitrogens is 2. The van der Waals surface area contributed by atoms with Crippen LogP contribution in [0.2, 0.25) is 10.0 Å². The van der Waals surface area contributed by atoms with Crippen LogP contribution in [0.5, 0.6) is 5.75 Å². The first-order chi connectivity index (χ1) is 12.4. The van der Waals surface area contributed by atoms with Crippen molar-refractivity contribution in [3.63, 3.8) is 0 Å². The average molecular weight is 392 g/mol. The van der Waals surface area contributed by atoms with E-state index in [2.05, 4.69) is 10.3 Å². The highest BCUT2D eigenvalue weighted by Gasteiger charge is 2.13. The van der Waals surface area contributed by atoms with Gasteiger partial charge in [0.2, 0.25) is 5.91 Å². The van der Waals surface area contributed by atoms with Gasteiger partial charge in [-0.3, -0.25) is 14.2 Å². The van der Waals surface area contributed by atoms with E-state index in [1.165, 1.54) is 30.1 Å². The molecule has 3 rings (SSSR count). The van der Waals surface area contributed by atoms with Gasteiger partial charge in [-0.1, -0.05) is 29.3 Å². The van der Waals surface area contributed by atoms with E-state index in [0.29, 0.717) is 22.0 Å². The Labute approximate surface area is 159 Å². The lowest BCUT2D eigenvalue weighted by Gasteiger charge is -2.12. The molecule has 6 nitrogen and oxygen atoms in total.